The Morgan fingerprint density at radius 1 is 1.23 bits per heavy atom. The molecule has 0 bridgehead atoms. The number of anilines is 1. The zero-order chi connectivity index (χ0) is 18.4. The quantitative estimate of drug-likeness (QED) is 0.785. The van der Waals surface area contributed by atoms with Crippen LogP contribution in [0, 0.1) is 20.8 Å². The van der Waals surface area contributed by atoms with E-state index >= 15 is 0 Å². The minimum atomic E-state index is 0. The van der Waals surface area contributed by atoms with Gasteiger partial charge in [0, 0.05) is 30.6 Å². The van der Waals surface area contributed by atoms with Crippen LogP contribution in [0.1, 0.15) is 46.9 Å². The van der Waals surface area contributed by atoms with Crippen molar-refractivity contribution in [3.8, 4) is 0 Å². The van der Waals surface area contributed by atoms with Crippen LogP contribution in [0.25, 0.3) is 5.65 Å². The summed E-state index contributed by atoms with van der Waals surface area (Å²) in [5.41, 5.74) is 7.73. The smallest absolute Gasteiger partial charge is 0.256 e. The van der Waals surface area contributed by atoms with Gasteiger partial charge in [-0.1, -0.05) is 12.1 Å². The van der Waals surface area contributed by atoms with Crippen molar-refractivity contribution in [2.75, 3.05) is 11.9 Å². The van der Waals surface area contributed by atoms with Crippen molar-refractivity contribution in [1.29, 1.82) is 0 Å². The molecule has 0 saturated heterocycles. The van der Waals surface area contributed by atoms with Crippen LogP contribution < -0.4 is 5.32 Å². The van der Waals surface area contributed by atoms with Crippen LogP contribution in [0.4, 0.5) is 5.69 Å². The summed E-state index contributed by atoms with van der Waals surface area (Å²) in [6.07, 6.45) is 0. The Balaban J connectivity index is 0.00000210. The number of benzene rings is 1. The van der Waals surface area contributed by atoms with Gasteiger partial charge in [0.1, 0.15) is 0 Å². The number of fused-ring (bicyclic) bond motifs is 3. The summed E-state index contributed by atoms with van der Waals surface area (Å²) < 4.78 is 1.92. The first-order valence-electron chi connectivity index (χ1n) is 8.97. The van der Waals surface area contributed by atoms with Crippen LogP contribution in [0.2, 0.25) is 0 Å². The predicted octanol–water partition coefficient (Wildman–Crippen LogP) is 3.49. The van der Waals surface area contributed by atoms with Gasteiger partial charge in [-0.15, -0.1) is 0 Å². The molecule has 0 atom stereocenters. The molecule has 0 unspecified atom stereocenters. The Bertz CT molecular complexity index is 1030. The predicted molar refractivity (Wildman–Crippen MR) is 103 cm³/mol. The SMILES string of the molecule is CCNc1ccccc1C(=O)N1Cc2nn3c(C)c(C)c(C)nc3c2C1.[HH]. The molecule has 136 valence electrons. The van der Waals surface area contributed by atoms with Crippen molar-refractivity contribution >= 4 is 17.2 Å². The number of nitrogens with one attached hydrogen (secondary N) is 1. The fourth-order valence-corrected chi connectivity index (χ4v) is 3.54. The number of carbonyl (C=O) groups is 1. The maximum absolute atomic E-state index is 13.1. The molecule has 1 aromatic carbocycles. The second kappa shape index (κ2) is 6.12. The van der Waals surface area contributed by atoms with E-state index in [2.05, 4.69) is 19.2 Å². The molecule has 26 heavy (non-hydrogen) atoms. The van der Waals surface area contributed by atoms with Crippen molar-refractivity contribution in [2.24, 2.45) is 0 Å². The standard InChI is InChI=1S/C20H23N5O.H2/c1-5-21-17-9-7-6-8-15(17)20(26)24-10-16-18(11-24)23-25-14(4)12(2)13(3)22-19(16)25;/h6-9,21H,5,10-11H2,1-4H3;1H. The second-order valence-electron chi connectivity index (χ2n) is 6.81. The normalized spacial score (nSPS) is 13.3. The van der Waals surface area contributed by atoms with Gasteiger partial charge in [-0.2, -0.15) is 5.10 Å². The molecule has 6 heteroatoms. The number of hydrogen-bond donors (Lipinski definition) is 1. The minimum absolute atomic E-state index is 0. The summed E-state index contributed by atoms with van der Waals surface area (Å²) in [7, 11) is 0. The Hall–Kier alpha value is -2.89. The Labute approximate surface area is 154 Å². The van der Waals surface area contributed by atoms with Crippen LogP contribution in [0.15, 0.2) is 24.3 Å². The van der Waals surface area contributed by atoms with Crippen molar-refractivity contribution < 1.29 is 6.22 Å². The van der Waals surface area contributed by atoms with Crippen molar-refractivity contribution in [2.45, 2.75) is 40.8 Å². The van der Waals surface area contributed by atoms with Crippen molar-refractivity contribution in [3.63, 3.8) is 0 Å². The lowest BCUT2D eigenvalue weighted by Gasteiger charge is -2.18. The van der Waals surface area contributed by atoms with Crippen LogP contribution in [-0.4, -0.2) is 31.9 Å². The molecule has 0 aliphatic carbocycles. The summed E-state index contributed by atoms with van der Waals surface area (Å²) in [4.78, 5) is 19.6. The fourth-order valence-electron chi connectivity index (χ4n) is 3.54. The monoisotopic (exact) mass is 351 g/mol. The van der Waals surface area contributed by atoms with Crippen LogP contribution in [-0.2, 0) is 13.1 Å². The Morgan fingerprint density at radius 2 is 2.00 bits per heavy atom. The van der Waals surface area contributed by atoms with Gasteiger partial charge < -0.3 is 10.2 Å². The van der Waals surface area contributed by atoms with Crippen LogP contribution in [0.3, 0.4) is 0 Å². The van der Waals surface area contributed by atoms with E-state index in [0.717, 1.165) is 46.1 Å². The highest BCUT2D eigenvalue weighted by molar-refractivity contribution is 6.00. The topological polar surface area (TPSA) is 62.5 Å². The van der Waals surface area contributed by atoms with Gasteiger partial charge in [-0.05, 0) is 45.4 Å². The molecule has 0 radical (unpaired) electrons. The number of aryl methyl sites for hydroxylation is 2. The number of amides is 1. The second-order valence-corrected chi connectivity index (χ2v) is 6.81. The van der Waals surface area contributed by atoms with Crippen LogP contribution in [0.5, 0.6) is 0 Å². The molecular weight excluding hydrogens is 326 g/mol. The molecule has 0 spiro atoms. The number of aromatic nitrogens is 3. The highest BCUT2D eigenvalue weighted by Gasteiger charge is 2.31. The third-order valence-electron chi connectivity index (χ3n) is 5.22. The first-order chi connectivity index (χ1) is 12.5. The molecule has 3 heterocycles. The van der Waals surface area contributed by atoms with Crippen LogP contribution >= 0.6 is 0 Å². The van der Waals surface area contributed by atoms with Gasteiger partial charge in [0.15, 0.2) is 5.65 Å². The van der Waals surface area contributed by atoms with E-state index in [9.17, 15) is 4.79 Å². The zero-order valence-corrected chi connectivity index (χ0v) is 15.6. The van der Waals surface area contributed by atoms with Gasteiger partial charge >= 0.3 is 0 Å². The molecule has 0 fully saturated rings. The van der Waals surface area contributed by atoms with Crippen molar-refractivity contribution in [3.05, 3.63) is 58.0 Å². The van der Waals surface area contributed by atoms with Gasteiger partial charge in [0.25, 0.3) is 5.91 Å². The number of rotatable bonds is 3. The third-order valence-corrected chi connectivity index (χ3v) is 5.22. The number of carbonyl (C=O) groups excluding carboxylic acids is 1. The number of para-hydroxylation sites is 1. The summed E-state index contributed by atoms with van der Waals surface area (Å²) in [5.74, 6) is 0.0262. The fraction of sp³-hybridized carbons (Fsp3) is 0.350. The third kappa shape index (κ3) is 2.44. The first-order valence-corrected chi connectivity index (χ1v) is 8.97. The molecular formula is C20H25N5O. The van der Waals surface area contributed by atoms with E-state index in [1.165, 1.54) is 0 Å². The number of hydrogen-bond acceptors (Lipinski definition) is 4. The highest BCUT2D eigenvalue weighted by atomic mass is 16.2. The molecule has 0 saturated carbocycles. The average molecular weight is 351 g/mol. The van der Waals surface area contributed by atoms with Gasteiger partial charge in [-0.3, -0.25) is 4.79 Å². The minimum Gasteiger partial charge on any atom is -0.385 e. The van der Waals surface area contributed by atoms with Gasteiger partial charge in [0.2, 0.25) is 0 Å². The zero-order valence-electron chi connectivity index (χ0n) is 15.6. The molecule has 6 nitrogen and oxygen atoms in total. The summed E-state index contributed by atoms with van der Waals surface area (Å²) in [5, 5.41) is 7.99. The molecule has 3 aromatic rings. The maximum Gasteiger partial charge on any atom is 0.256 e. The molecule has 2 aromatic heterocycles. The lowest BCUT2D eigenvalue weighted by atomic mass is 10.1. The number of nitrogens with zero attached hydrogens (tertiary/aromatic N) is 4. The Kier molecular flexibility index (Phi) is 3.90. The first kappa shape index (κ1) is 16.6. The van der Waals surface area contributed by atoms with Crippen molar-refractivity contribution in [1.82, 2.24) is 19.5 Å². The maximum atomic E-state index is 13.1. The molecule has 1 aliphatic heterocycles. The molecule has 1 aliphatic rings. The lowest BCUT2D eigenvalue weighted by Crippen LogP contribution is -2.27. The lowest BCUT2D eigenvalue weighted by molar-refractivity contribution is 0.0750. The van der Waals surface area contributed by atoms with E-state index in [0.29, 0.717) is 18.7 Å². The molecule has 1 N–H and O–H groups in total. The average Bonchev–Trinajstić information content (AvgIpc) is 3.19. The van der Waals surface area contributed by atoms with E-state index in [4.69, 9.17) is 10.1 Å². The highest BCUT2D eigenvalue weighted by Crippen LogP contribution is 2.29. The molecule has 1 amide bonds. The van der Waals surface area contributed by atoms with E-state index < -0.39 is 0 Å². The van der Waals surface area contributed by atoms with E-state index in [-0.39, 0.29) is 7.33 Å². The summed E-state index contributed by atoms with van der Waals surface area (Å²) in [6, 6.07) is 7.66. The van der Waals surface area contributed by atoms with E-state index in [1.54, 1.807) is 0 Å². The van der Waals surface area contributed by atoms with E-state index in [1.807, 2.05) is 47.5 Å². The summed E-state index contributed by atoms with van der Waals surface area (Å²) >= 11 is 0. The summed E-state index contributed by atoms with van der Waals surface area (Å²) in [6.45, 7) is 10.0. The Morgan fingerprint density at radius 3 is 2.77 bits per heavy atom. The van der Waals surface area contributed by atoms with Gasteiger partial charge in [-0.25, -0.2) is 9.50 Å². The van der Waals surface area contributed by atoms with Gasteiger partial charge in [0.05, 0.1) is 24.3 Å². The largest absolute Gasteiger partial charge is 0.385 e. The molecule has 4 rings (SSSR count).